The van der Waals surface area contributed by atoms with Crippen LogP contribution in [0, 0.1) is 0 Å². The molecule has 0 spiro atoms. The fourth-order valence-corrected chi connectivity index (χ4v) is 9.60. The van der Waals surface area contributed by atoms with E-state index in [2.05, 4.69) is 30.4 Å². The van der Waals surface area contributed by atoms with Gasteiger partial charge in [-0.3, -0.25) is 44.0 Å². The van der Waals surface area contributed by atoms with Crippen LogP contribution in [-0.4, -0.2) is 161 Å². The number of urea groups is 1. The summed E-state index contributed by atoms with van der Waals surface area (Å²) in [6, 6.07) is 21.6. The first-order chi connectivity index (χ1) is 32.1. The monoisotopic (exact) mass is 899 g/mol. The van der Waals surface area contributed by atoms with Crippen LogP contribution >= 0.6 is 0 Å². The lowest BCUT2D eigenvalue weighted by Gasteiger charge is -2.40. The molecule has 346 valence electrons. The van der Waals surface area contributed by atoms with E-state index in [4.69, 9.17) is 10.5 Å². The zero-order valence-electron chi connectivity index (χ0n) is 37.2. The van der Waals surface area contributed by atoms with Gasteiger partial charge in [0.05, 0.1) is 11.1 Å². The number of hydrogen-bond donors (Lipinski definition) is 3. The number of nitrogens with zero attached hydrogens (tertiary/aromatic N) is 8. The van der Waals surface area contributed by atoms with Crippen LogP contribution in [-0.2, 0) is 16.1 Å². The molecule has 6 aliphatic heterocycles. The molecular weight excluding hydrogens is 843 g/mol. The van der Waals surface area contributed by atoms with Crippen molar-refractivity contribution in [3.8, 4) is 22.8 Å². The van der Waals surface area contributed by atoms with Crippen LogP contribution in [0.5, 0.6) is 11.5 Å². The number of carbonyl (C=O) groups excluding carboxylic acids is 6. The van der Waals surface area contributed by atoms with E-state index in [0.29, 0.717) is 28.2 Å². The number of carbonyl (C=O) groups is 6. The summed E-state index contributed by atoms with van der Waals surface area (Å²) in [6.45, 7) is 12.2. The summed E-state index contributed by atoms with van der Waals surface area (Å²) in [4.78, 5) is 86.9. The van der Waals surface area contributed by atoms with E-state index in [9.17, 15) is 28.8 Å². The van der Waals surface area contributed by atoms with Crippen molar-refractivity contribution >= 4 is 47.1 Å². The number of para-hydroxylation sites is 1. The van der Waals surface area contributed by atoms with Gasteiger partial charge in [-0.25, -0.2) is 9.48 Å². The SMILES string of the molecule is NC(=O)c1c(-c2ccc(Oc3ccccc3)cc2)nn2c1NCCC2.O=C1CCC(N2C(=O)c3ccc(N4CCN(CCN5CCN(C(=O)N6CCCCC6)CC5)CC4)cc3C2=O)C(=O)N1. The molecule has 1 unspecified atom stereocenters. The minimum Gasteiger partial charge on any atom is -0.457 e. The van der Waals surface area contributed by atoms with Crippen LogP contribution in [0.3, 0.4) is 0 Å². The predicted molar refractivity (Wildman–Crippen MR) is 246 cm³/mol. The summed E-state index contributed by atoms with van der Waals surface area (Å²) in [6.07, 6.45) is 4.69. The predicted octanol–water partition coefficient (Wildman–Crippen LogP) is 3.69. The average molecular weight is 900 g/mol. The lowest BCUT2D eigenvalue weighted by atomic mass is 10.0. The molecule has 10 rings (SSSR count). The van der Waals surface area contributed by atoms with E-state index in [0.717, 1.165) is 139 Å². The van der Waals surface area contributed by atoms with Crippen LogP contribution in [0.2, 0.25) is 0 Å². The van der Waals surface area contributed by atoms with Crippen molar-refractivity contribution in [1.82, 2.24) is 39.6 Å². The number of aryl methyl sites for hydroxylation is 1. The Balaban J connectivity index is 0.000000187. The number of fused-ring (bicyclic) bond motifs is 2. The van der Waals surface area contributed by atoms with Crippen molar-refractivity contribution in [2.45, 2.75) is 51.1 Å². The molecule has 7 heterocycles. The molecule has 6 aliphatic rings. The number of aromatic nitrogens is 2. The quantitative estimate of drug-likeness (QED) is 0.206. The van der Waals surface area contributed by atoms with Crippen LogP contribution in [0.15, 0.2) is 72.8 Å². The number of amides is 7. The highest BCUT2D eigenvalue weighted by atomic mass is 16.5. The number of anilines is 2. The molecule has 7 amide bonds. The minimum atomic E-state index is -0.953. The first-order valence-electron chi connectivity index (χ1n) is 23.2. The largest absolute Gasteiger partial charge is 0.457 e. The molecule has 4 aromatic rings. The van der Waals surface area contributed by atoms with E-state index >= 15 is 0 Å². The maximum atomic E-state index is 13.2. The van der Waals surface area contributed by atoms with Gasteiger partial charge in [0.1, 0.15) is 34.6 Å². The molecule has 0 bridgehead atoms. The molecule has 66 heavy (non-hydrogen) atoms. The van der Waals surface area contributed by atoms with Gasteiger partial charge < -0.3 is 30.5 Å². The number of rotatable bonds is 9. The number of nitrogens with one attached hydrogen (secondary N) is 2. The second-order valence-corrected chi connectivity index (χ2v) is 17.5. The highest BCUT2D eigenvalue weighted by Crippen LogP contribution is 2.33. The second-order valence-electron chi connectivity index (χ2n) is 17.5. The number of primary amides is 1. The van der Waals surface area contributed by atoms with Gasteiger partial charge in [0.2, 0.25) is 11.8 Å². The first-order valence-corrected chi connectivity index (χ1v) is 23.2. The Hall–Kier alpha value is -6.79. The Kier molecular flexibility index (Phi) is 13.3. The number of likely N-dealkylation sites (tertiary alicyclic amines) is 1. The van der Waals surface area contributed by atoms with E-state index < -0.39 is 29.7 Å². The molecule has 18 heteroatoms. The van der Waals surface area contributed by atoms with Crippen LogP contribution in [0.4, 0.5) is 16.3 Å². The summed E-state index contributed by atoms with van der Waals surface area (Å²) in [5, 5.41) is 10.0. The Morgan fingerprint density at radius 3 is 2.03 bits per heavy atom. The second kappa shape index (κ2) is 19.8. The summed E-state index contributed by atoms with van der Waals surface area (Å²) >= 11 is 0. The highest BCUT2D eigenvalue weighted by molar-refractivity contribution is 6.23. The molecule has 18 nitrogen and oxygen atoms in total. The molecule has 4 saturated heterocycles. The number of hydrogen-bond acceptors (Lipinski definition) is 12. The summed E-state index contributed by atoms with van der Waals surface area (Å²) in [5.41, 5.74) is 8.98. The molecule has 3 aromatic carbocycles. The van der Waals surface area contributed by atoms with Crippen molar-refractivity contribution in [1.29, 1.82) is 0 Å². The zero-order valence-corrected chi connectivity index (χ0v) is 37.2. The zero-order chi connectivity index (χ0) is 45.7. The van der Waals surface area contributed by atoms with E-state index in [1.807, 2.05) is 75.1 Å². The third-order valence-electron chi connectivity index (χ3n) is 13.3. The normalized spacial score (nSPS) is 20.2. The summed E-state index contributed by atoms with van der Waals surface area (Å²) in [7, 11) is 0. The molecule has 1 atom stereocenters. The van der Waals surface area contributed by atoms with Crippen molar-refractivity contribution < 1.29 is 33.5 Å². The van der Waals surface area contributed by atoms with Crippen molar-refractivity contribution in [2.75, 3.05) is 95.3 Å². The molecular formula is C48H57N11O7. The van der Waals surface area contributed by atoms with Crippen LogP contribution < -0.4 is 26.0 Å². The van der Waals surface area contributed by atoms with Crippen LogP contribution in [0.1, 0.15) is 69.6 Å². The number of benzene rings is 3. The third-order valence-corrected chi connectivity index (χ3v) is 13.3. The lowest BCUT2D eigenvalue weighted by Crippen LogP contribution is -2.55. The van der Waals surface area contributed by atoms with E-state index in [1.54, 1.807) is 12.1 Å². The fraction of sp³-hybridized carbons (Fsp3) is 0.438. The molecule has 0 saturated carbocycles. The van der Waals surface area contributed by atoms with E-state index in [1.165, 1.54) is 6.42 Å². The lowest BCUT2D eigenvalue weighted by molar-refractivity contribution is -0.136. The average Bonchev–Trinajstić information content (AvgIpc) is 3.86. The molecule has 0 aliphatic carbocycles. The molecule has 4 fully saturated rings. The number of nitrogens with two attached hydrogens (primary N) is 1. The topological polar surface area (TPSA) is 199 Å². The van der Waals surface area contributed by atoms with Gasteiger partial charge in [-0.05, 0) is 86.7 Å². The molecule has 0 radical (unpaired) electrons. The van der Waals surface area contributed by atoms with Gasteiger partial charge in [-0.15, -0.1) is 0 Å². The minimum absolute atomic E-state index is 0.105. The number of imide groups is 2. The summed E-state index contributed by atoms with van der Waals surface area (Å²) < 4.78 is 7.61. The van der Waals surface area contributed by atoms with Gasteiger partial charge in [-0.1, -0.05) is 18.2 Å². The number of ether oxygens (including phenoxy) is 1. The van der Waals surface area contributed by atoms with Gasteiger partial charge in [0.15, 0.2) is 0 Å². The maximum absolute atomic E-state index is 13.2. The van der Waals surface area contributed by atoms with Gasteiger partial charge >= 0.3 is 6.03 Å². The number of piperazine rings is 2. The van der Waals surface area contributed by atoms with Crippen LogP contribution in [0.25, 0.3) is 11.3 Å². The van der Waals surface area contributed by atoms with Gasteiger partial charge in [0, 0.05) is 109 Å². The highest BCUT2D eigenvalue weighted by Gasteiger charge is 2.45. The van der Waals surface area contributed by atoms with Gasteiger partial charge in [-0.2, -0.15) is 5.10 Å². The number of piperidine rings is 2. The van der Waals surface area contributed by atoms with E-state index in [-0.39, 0.29) is 24.8 Å². The first kappa shape index (κ1) is 44.4. The maximum Gasteiger partial charge on any atom is 0.320 e. The van der Waals surface area contributed by atoms with Crippen molar-refractivity contribution in [3.05, 3.63) is 89.5 Å². The molecule has 1 aromatic heterocycles. The Labute approximate surface area is 383 Å². The standard InChI is InChI=1S/C29H39N7O5.C19H18N4O2/c37-25-7-6-24(26(38)30-25)36-27(39)22-5-4-21(20-23(22)28(36)40)33-16-12-31(13-17-33)10-11-32-14-18-35(19-15-32)29(41)34-8-2-1-3-9-34;20-18(24)16-17(22-23-12-4-11-21-19(16)23)13-7-9-15(10-8-13)25-14-5-2-1-3-6-14/h4-5,20,24H,1-3,6-19H2,(H,30,37,38);1-3,5-10,21H,4,11-12H2,(H2,20,24). The fourth-order valence-electron chi connectivity index (χ4n) is 9.60. The Bertz CT molecular complexity index is 2460. The third kappa shape index (κ3) is 9.60. The Morgan fingerprint density at radius 2 is 1.35 bits per heavy atom. The van der Waals surface area contributed by atoms with Crippen molar-refractivity contribution in [2.24, 2.45) is 5.73 Å². The summed E-state index contributed by atoms with van der Waals surface area (Å²) in [5.74, 6) is -0.210. The Morgan fingerprint density at radius 1 is 0.697 bits per heavy atom. The smallest absolute Gasteiger partial charge is 0.320 e. The van der Waals surface area contributed by atoms with Crippen molar-refractivity contribution in [3.63, 3.8) is 0 Å². The van der Waals surface area contributed by atoms with Gasteiger partial charge in [0.25, 0.3) is 17.7 Å². The molecule has 4 N–H and O–H groups in total.